The summed E-state index contributed by atoms with van der Waals surface area (Å²) in [6.07, 6.45) is 8.40. The van der Waals surface area contributed by atoms with Crippen molar-refractivity contribution in [1.82, 2.24) is 0 Å². The van der Waals surface area contributed by atoms with Crippen molar-refractivity contribution in [3.05, 3.63) is 77.1 Å². The molecule has 4 atom stereocenters. The lowest BCUT2D eigenvalue weighted by Crippen LogP contribution is -2.30. The minimum atomic E-state index is -0.920. The van der Waals surface area contributed by atoms with Crippen molar-refractivity contribution in [2.24, 2.45) is 17.8 Å². The highest BCUT2D eigenvalue weighted by atomic mass is 19.2. The number of rotatable bonds is 3. The Morgan fingerprint density at radius 1 is 0.935 bits per heavy atom. The predicted octanol–water partition coefficient (Wildman–Crippen LogP) is 7.00. The largest absolute Gasteiger partial charge is 0.494 e. The highest BCUT2D eigenvalue weighted by molar-refractivity contribution is 5.46. The zero-order valence-electron chi connectivity index (χ0n) is 17.8. The first-order valence-corrected chi connectivity index (χ1v) is 11.0. The molecular formula is C27H27F3O. The number of halogens is 3. The molecule has 2 saturated carbocycles. The van der Waals surface area contributed by atoms with Crippen LogP contribution in [0.25, 0.3) is 0 Å². The third-order valence-electron chi connectivity index (χ3n) is 7.03. The van der Waals surface area contributed by atoms with Crippen LogP contribution in [0.3, 0.4) is 0 Å². The Kier molecular flexibility index (Phi) is 6.41. The van der Waals surface area contributed by atoms with Crippen LogP contribution in [0.15, 0.2) is 43.0 Å². The lowest BCUT2D eigenvalue weighted by atomic mass is 9.64. The molecule has 162 valence electrons. The van der Waals surface area contributed by atoms with Gasteiger partial charge in [-0.05, 0) is 92.0 Å². The molecule has 0 spiro atoms. The predicted molar refractivity (Wildman–Crippen MR) is 116 cm³/mol. The zero-order chi connectivity index (χ0) is 22.0. The smallest absolute Gasteiger partial charge is 0.174 e. The highest BCUT2D eigenvalue weighted by Crippen LogP contribution is 2.48. The van der Waals surface area contributed by atoms with Crippen LogP contribution in [0.1, 0.15) is 61.1 Å². The van der Waals surface area contributed by atoms with Crippen LogP contribution in [0.4, 0.5) is 13.2 Å². The lowest BCUT2D eigenvalue weighted by Gasteiger charge is -2.41. The van der Waals surface area contributed by atoms with Crippen LogP contribution in [0, 0.1) is 47.0 Å². The van der Waals surface area contributed by atoms with E-state index in [4.69, 9.17) is 4.74 Å². The Balaban J connectivity index is 1.51. The summed E-state index contributed by atoms with van der Waals surface area (Å²) in [5, 5.41) is 0. The molecule has 4 unspecified atom stereocenters. The van der Waals surface area contributed by atoms with Crippen LogP contribution in [-0.4, -0.2) is 7.11 Å². The van der Waals surface area contributed by atoms with E-state index in [0.717, 1.165) is 32.1 Å². The normalized spacial score (nSPS) is 25.2. The van der Waals surface area contributed by atoms with E-state index in [1.807, 2.05) is 0 Å². The van der Waals surface area contributed by atoms with E-state index in [0.29, 0.717) is 28.9 Å². The van der Waals surface area contributed by atoms with Crippen LogP contribution < -0.4 is 4.74 Å². The van der Waals surface area contributed by atoms with Gasteiger partial charge in [-0.1, -0.05) is 24.0 Å². The van der Waals surface area contributed by atoms with Gasteiger partial charge in [0.15, 0.2) is 23.2 Å². The molecule has 2 aromatic rings. The van der Waals surface area contributed by atoms with Gasteiger partial charge in [-0.25, -0.2) is 13.2 Å². The van der Waals surface area contributed by atoms with Gasteiger partial charge in [-0.2, -0.15) is 0 Å². The maximum Gasteiger partial charge on any atom is 0.174 e. The van der Waals surface area contributed by atoms with Crippen molar-refractivity contribution in [2.75, 3.05) is 7.11 Å². The molecular weight excluding hydrogens is 397 g/mol. The van der Waals surface area contributed by atoms with Gasteiger partial charge in [0.05, 0.1) is 12.7 Å². The summed E-state index contributed by atoms with van der Waals surface area (Å²) < 4.78 is 48.4. The van der Waals surface area contributed by atoms with Crippen molar-refractivity contribution >= 4 is 0 Å². The van der Waals surface area contributed by atoms with Crippen LogP contribution >= 0.6 is 0 Å². The second kappa shape index (κ2) is 9.22. The molecule has 4 rings (SSSR count). The Labute approximate surface area is 182 Å². The average Bonchev–Trinajstić information content (AvgIpc) is 2.79. The second-order valence-corrected chi connectivity index (χ2v) is 8.77. The van der Waals surface area contributed by atoms with E-state index in [9.17, 15) is 13.2 Å². The van der Waals surface area contributed by atoms with E-state index in [2.05, 4.69) is 24.5 Å². The van der Waals surface area contributed by atoms with Crippen molar-refractivity contribution in [2.45, 2.75) is 44.4 Å². The minimum Gasteiger partial charge on any atom is -0.494 e. The molecule has 0 heterocycles. The molecule has 1 nitrogen and oxygen atoms in total. The number of allylic oxidation sites excluding steroid dienone is 1. The van der Waals surface area contributed by atoms with Crippen molar-refractivity contribution in [3.63, 3.8) is 0 Å². The van der Waals surface area contributed by atoms with Gasteiger partial charge >= 0.3 is 0 Å². The third-order valence-corrected chi connectivity index (χ3v) is 7.03. The molecule has 0 bridgehead atoms. The molecule has 2 aliphatic carbocycles. The molecule has 0 aliphatic heterocycles. The molecule has 2 aliphatic rings. The number of methoxy groups -OCH3 is 1. The first-order chi connectivity index (χ1) is 15.0. The molecule has 0 radical (unpaired) electrons. The van der Waals surface area contributed by atoms with Crippen LogP contribution in [0.5, 0.6) is 5.75 Å². The second-order valence-electron chi connectivity index (χ2n) is 8.77. The van der Waals surface area contributed by atoms with Gasteiger partial charge in [-0.3, -0.25) is 0 Å². The van der Waals surface area contributed by atoms with Crippen molar-refractivity contribution in [3.8, 4) is 17.6 Å². The van der Waals surface area contributed by atoms with Gasteiger partial charge in [0.1, 0.15) is 0 Å². The summed E-state index contributed by atoms with van der Waals surface area (Å²) in [6, 6.07) is 7.47. The maximum absolute atomic E-state index is 14.9. The first kappa shape index (κ1) is 21.6. The van der Waals surface area contributed by atoms with E-state index in [-0.39, 0.29) is 17.2 Å². The summed E-state index contributed by atoms with van der Waals surface area (Å²) in [7, 11) is 1.38. The van der Waals surface area contributed by atoms with Gasteiger partial charge in [0, 0.05) is 5.56 Å². The summed E-state index contributed by atoms with van der Waals surface area (Å²) >= 11 is 0. The third kappa shape index (κ3) is 4.51. The van der Waals surface area contributed by atoms with Crippen molar-refractivity contribution < 1.29 is 17.9 Å². The molecule has 31 heavy (non-hydrogen) atoms. The number of ether oxygens (including phenoxy) is 1. The topological polar surface area (TPSA) is 9.23 Å². The molecule has 0 N–H and O–H groups in total. The Hall–Kier alpha value is -2.67. The minimum absolute atomic E-state index is 0.0161. The van der Waals surface area contributed by atoms with Crippen LogP contribution in [-0.2, 0) is 0 Å². The van der Waals surface area contributed by atoms with E-state index in [1.54, 1.807) is 18.2 Å². The fourth-order valence-corrected chi connectivity index (χ4v) is 5.28. The number of hydrogen-bond donors (Lipinski definition) is 0. The molecule has 2 fully saturated rings. The SMILES string of the molecule is C=CC1CCC2CC(c3ccc(C#Cc4ccc(OC)c(F)c4)c(F)c3F)CCC2C1. The van der Waals surface area contributed by atoms with Crippen LogP contribution in [0.2, 0.25) is 0 Å². The maximum atomic E-state index is 14.9. The Bertz CT molecular complexity index is 1030. The highest BCUT2D eigenvalue weighted by Gasteiger charge is 2.36. The number of benzene rings is 2. The molecule has 4 heteroatoms. The average molecular weight is 425 g/mol. The standard InChI is InChI=1S/C27H27F3O/c1-3-17-4-8-21-16-22(10-9-20(21)14-17)23-12-11-19(26(29)27(23)30)7-5-18-6-13-25(31-2)24(28)15-18/h3,6,11-13,15,17,20-22H,1,4,8-10,14,16H2,2H3. The summed E-state index contributed by atoms with van der Waals surface area (Å²) in [6.45, 7) is 3.93. The van der Waals surface area contributed by atoms with Gasteiger partial charge in [0.25, 0.3) is 0 Å². The summed E-state index contributed by atoms with van der Waals surface area (Å²) in [4.78, 5) is 0. The fraction of sp³-hybridized carbons (Fsp3) is 0.407. The Morgan fingerprint density at radius 2 is 1.71 bits per heavy atom. The Morgan fingerprint density at radius 3 is 2.45 bits per heavy atom. The van der Waals surface area contributed by atoms with Crippen molar-refractivity contribution in [1.29, 1.82) is 0 Å². The number of fused-ring (bicyclic) bond motifs is 1. The van der Waals surface area contributed by atoms with E-state index < -0.39 is 17.5 Å². The van der Waals surface area contributed by atoms with Gasteiger partial charge in [-0.15, -0.1) is 6.58 Å². The molecule has 0 amide bonds. The molecule has 0 aromatic heterocycles. The zero-order valence-corrected chi connectivity index (χ0v) is 17.8. The van der Waals surface area contributed by atoms with E-state index in [1.165, 1.54) is 25.7 Å². The van der Waals surface area contributed by atoms with E-state index >= 15 is 0 Å². The summed E-state index contributed by atoms with van der Waals surface area (Å²) in [5.74, 6) is 5.11. The summed E-state index contributed by atoms with van der Waals surface area (Å²) in [5.41, 5.74) is 0.816. The first-order valence-electron chi connectivity index (χ1n) is 11.0. The van der Waals surface area contributed by atoms with Gasteiger partial charge < -0.3 is 4.74 Å². The number of hydrogen-bond acceptors (Lipinski definition) is 1. The molecule has 0 saturated heterocycles. The van der Waals surface area contributed by atoms with Gasteiger partial charge in [0.2, 0.25) is 0 Å². The fourth-order valence-electron chi connectivity index (χ4n) is 5.28. The monoisotopic (exact) mass is 424 g/mol. The quantitative estimate of drug-likeness (QED) is 0.381. The lowest BCUT2D eigenvalue weighted by molar-refractivity contribution is 0.132. The molecule has 2 aromatic carbocycles.